The van der Waals surface area contributed by atoms with E-state index >= 15 is 0 Å². The van der Waals surface area contributed by atoms with Crippen molar-refractivity contribution in [2.45, 2.75) is 6.92 Å². The quantitative estimate of drug-likeness (QED) is 0.487. The summed E-state index contributed by atoms with van der Waals surface area (Å²) in [6.07, 6.45) is 0. The number of guanidine groups is 1. The summed E-state index contributed by atoms with van der Waals surface area (Å²) in [4.78, 5) is 0. The van der Waals surface area contributed by atoms with Crippen molar-refractivity contribution >= 4 is 27.6 Å². The van der Waals surface area contributed by atoms with Crippen LogP contribution in [0.5, 0.6) is 0 Å². The molecule has 0 aliphatic heterocycles. The second kappa shape index (κ2) is 4.88. The molecule has 0 saturated carbocycles. The molecule has 0 amide bonds. The van der Waals surface area contributed by atoms with E-state index in [2.05, 4.69) is 26.1 Å². The van der Waals surface area contributed by atoms with Crippen LogP contribution in [0.1, 0.15) is 12.5 Å². The number of nitrogens with two attached hydrogens (primary N) is 2. The average molecular weight is 273 g/mol. The molecule has 4 N–H and O–H groups in total. The van der Waals surface area contributed by atoms with Gasteiger partial charge in [-0.2, -0.15) is 5.10 Å². The Kier molecular flexibility index (Phi) is 3.79. The number of halogens is 2. The summed E-state index contributed by atoms with van der Waals surface area (Å²) in [7, 11) is 0. The summed E-state index contributed by atoms with van der Waals surface area (Å²) >= 11 is 3.16. The molecule has 15 heavy (non-hydrogen) atoms. The largest absolute Gasteiger partial charge is 0.369 e. The lowest BCUT2D eigenvalue weighted by Crippen LogP contribution is -2.22. The highest BCUT2D eigenvalue weighted by atomic mass is 79.9. The molecule has 1 aromatic carbocycles. The molecule has 0 fully saturated rings. The van der Waals surface area contributed by atoms with Gasteiger partial charge in [0, 0.05) is 10.0 Å². The van der Waals surface area contributed by atoms with E-state index in [9.17, 15) is 4.39 Å². The van der Waals surface area contributed by atoms with Gasteiger partial charge in [-0.3, -0.25) is 0 Å². The van der Waals surface area contributed by atoms with Crippen molar-refractivity contribution in [1.29, 1.82) is 0 Å². The molecule has 0 atom stereocenters. The first-order valence-corrected chi connectivity index (χ1v) is 4.88. The fourth-order valence-corrected chi connectivity index (χ4v) is 1.30. The summed E-state index contributed by atoms with van der Waals surface area (Å²) in [5.74, 6) is -0.539. The molecule has 1 aromatic rings. The lowest BCUT2D eigenvalue weighted by atomic mass is 10.1. The molecule has 80 valence electrons. The maximum absolute atomic E-state index is 13.4. The van der Waals surface area contributed by atoms with Gasteiger partial charge in [-0.25, -0.2) is 4.39 Å². The van der Waals surface area contributed by atoms with Crippen LogP contribution in [0.2, 0.25) is 0 Å². The fourth-order valence-electron chi connectivity index (χ4n) is 0.969. The predicted octanol–water partition coefficient (Wildman–Crippen LogP) is 1.59. The average Bonchev–Trinajstić information content (AvgIpc) is 2.14. The smallest absolute Gasteiger partial charge is 0.211 e. The van der Waals surface area contributed by atoms with Gasteiger partial charge >= 0.3 is 0 Å². The molecule has 0 unspecified atom stereocenters. The van der Waals surface area contributed by atoms with Crippen LogP contribution in [-0.4, -0.2) is 11.7 Å². The molecule has 0 heterocycles. The Hall–Kier alpha value is -1.43. The standard InChI is InChI=1S/C9H10BrFN4/c1-5(14-15-9(12)13)7-3-2-6(10)4-8(7)11/h2-4H,1H3,(H4,12,13,15)/b14-5-. The summed E-state index contributed by atoms with van der Waals surface area (Å²) in [5.41, 5.74) is 11.0. The summed E-state index contributed by atoms with van der Waals surface area (Å²) in [6.45, 7) is 1.62. The molecule has 4 nitrogen and oxygen atoms in total. The van der Waals surface area contributed by atoms with Crippen molar-refractivity contribution in [3.63, 3.8) is 0 Å². The van der Waals surface area contributed by atoms with Crippen LogP contribution in [0.3, 0.4) is 0 Å². The van der Waals surface area contributed by atoms with Gasteiger partial charge in [-0.15, -0.1) is 5.10 Å². The monoisotopic (exact) mass is 272 g/mol. The van der Waals surface area contributed by atoms with Crippen LogP contribution in [0.25, 0.3) is 0 Å². The molecule has 0 bridgehead atoms. The molecular formula is C9H10BrFN4. The van der Waals surface area contributed by atoms with Crippen LogP contribution in [0, 0.1) is 5.82 Å². The van der Waals surface area contributed by atoms with Gasteiger partial charge in [-0.1, -0.05) is 15.9 Å². The third kappa shape index (κ3) is 3.32. The Morgan fingerprint density at radius 3 is 2.53 bits per heavy atom. The minimum atomic E-state index is -0.378. The van der Waals surface area contributed by atoms with Gasteiger partial charge in [0.15, 0.2) is 0 Å². The predicted molar refractivity (Wildman–Crippen MR) is 62.1 cm³/mol. The maximum atomic E-state index is 13.4. The van der Waals surface area contributed by atoms with E-state index in [0.29, 0.717) is 15.7 Å². The van der Waals surface area contributed by atoms with Crippen molar-refractivity contribution < 1.29 is 4.39 Å². The van der Waals surface area contributed by atoms with Crippen molar-refractivity contribution in [2.24, 2.45) is 21.7 Å². The lowest BCUT2D eigenvalue weighted by molar-refractivity contribution is 0.624. The number of rotatable bonds is 2. The molecule has 0 radical (unpaired) electrons. The Morgan fingerprint density at radius 1 is 1.33 bits per heavy atom. The Bertz CT molecular complexity index is 424. The van der Waals surface area contributed by atoms with Crippen molar-refractivity contribution in [2.75, 3.05) is 0 Å². The molecule has 0 aromatic heterocycles. The molecular weight excluding hydrogens is 263 g/mol. The van der Waals surface area contributed by atoms with Crippen molar-refractivity contribution in [1.82, 2.24) is 0 Å². The Balaban J connectivity index is 3.06. The number of nitrogens with zero attached hydrogens (tertiary/aromatic N) is 2. The third-order valence-electron chi connectivity index (χ3n) is 1.64. The molecule has 0 aliphatic rings. The molecule has 0 aliphatic carbocycles. The van der Waals surface area contributed by atoms with E-state index in [4.69, 9.17) is 11.5 Å². The SMILES string of the molecule is C/C(=N/N=C(N)N)c1ccc(Br)cc1F. The van der Waals surface area contributed by atoms with E-state index in [-0.39, 0.29) is 11.8 Å². The van der Waals surface area contributed by atoms with Crippen molar-refractivity contribution in [3.05, 3.63) is 34.1 Å². The number of benzene rings is 1. The van der Waals surface area contributed by atoms with Gasteiger partial charge in [0.1, 0.15) is 5.82 Å². The zero-order valence-electron chi connectivity index (χ0n) is 8.04. The van der Waals surface area contributed by atoms with E-state index in [1.54, 1.807) is 19.1 Å². The highest BCUT2D eigenvalue weighted by Crippen LogP contribution is 2.15. The van der Waals surface area contributed by atoms with Crippen LogP contribution in [0.4, 0.5) is 4.39 Å². The second-order valence-electron chi connectivity index (χ2n) is 2.83. The fraction of sp³-hybridized carbons (Fsp3) is 0.111. The van der Waals surface area contributed by atoms with E-state index in [1.807, 2.05) is 0 Å². The van der Waals surface area contributed by atoms with Crippen LogP contribution in [0.15, 0.2) is 32.9 Å². The first-order chi connectivity index (χ1) is 7.00. The molecule has 0 spiro atoms. The van der Waals surface area contributed by atoms with Gasteiger partial charge in [-0.05, 0) is 25.1 Å². The second-order valence-corrected chi connectivity index (χ2v) is 3.75. The third-order valence-corrected chi connectivity index (χ3v) is 2.13. The number of hydrogen-bond donors (Lipinski definition) is 2. The Morgan fingerprint density at radius 2 is 2.00 bits per heavy atom. The van der Waals surface area contributed by atoms with Gasteiger partial charge in [0.05, 0.1) is 5.71 Å². The first-order valence-electron chi connectivity index (χ1n) is 4.09. The van der Waals surface area contributed by atoms with Crippen LogP contribution >= 0.6 is 15.9 Å². The highest BCUT2D eigenvalue weighted by molar-refractivity contribution is 9.10. The normalized spacial score (nSPS) is 11.3. The number of hydrogen-bond acceptors (Lipinski definition) is 2. The first kappa shape index (κ1) is 11.6. The minimum Gasteiger partial charge on any atom is -0.369 e. The maximum Gasteiger partial charge on any atom is 0.211 e. The summed E-state index contributed by atoms with van der Waals surface area (Å²) in [6, 6.07) is 4.66. The summed E-state index contributed by atoms with van der Waals surface area (Å²) in [5, 5.41) is 7.13. The van der Waals surface area contributed by atoms with Gasteiger partial charge < -0.3 is 11.5 Å². The van der Waals surface area contributed by atoms with Crippen LogP contribution in [-0.2, 0) is 0 Å². The zero-order valence-corrected chi connectivity index (χ0v) is 9.62. The van der Waals surface area contributed by atoms with Gasteiger partial charge in [0.25, 0.3) is 0 Å². The molecule has 0 saturated heterocycles. The van der Waals surface area contributed by atoms with E-state index < -0.39 is 0 Å². The van der Waals surface area contributed by atoms with Gasteiger partial charge in [0.2, 0.25) is 5.96 Å². The van der Waals surface area contributed by atoms with E-state index in [0.717, 1.165) is 0 Å². The van der Waals surface area contributed by atoms with E-state index in [1.165, 1.54) is 6.07 Å². The highest BCUT2D eigenvalue weighted by Gasteiger charge is 2.05. The lowest BCUT2D eigenvalue weighted by Gasteiger charge is -2.01. The van der Waals surface area contributed by atoms with Crippen molar-refractivity contribution in [3.8, 4) is 0 Å². The summed E-state index contributed by atoms with van der Waals surface area (Å²) < 4.78 is 14.1. The molecule has 6 heteroatoms. The van der Waals surface area contributed by atoms with Crippen LogP contribution < -0.4 is 11.5 Å². The minimum absolute atomic E-state index is 0.160. The molecule has 1 rings (SSSR count). The Labute approximate surface area is 95.0 Å². The zero-order chi connectivity index (χ0) is 11.4. The topological polar surface area (TPSA) is 76.8 Å².